The molecule has 0 fully saturated rings. The van der Waals surface area contributed by atoms with E-state index in [0.717, 1.165) is 5.56 Å². The normalized spacial score (nSPS) is 12.1. The smallest absolute Gasteiger partial charge is 0.344 e. The number of carbonyl (C=O) groups is 2. The van der Waals surface area contributed by atoms with E-state index in [-0.39, 0.29) is 11.5 Å². The van der Waals surface area contributed by atoms with Crippen molar-refractivity contribution in [2.75, 3.05) is 11.9 Å². The number of ether oxygens (including phenoxy) is 2. The van der Waals surface area contributed by atoms with Crippen LogP contribution in [-0.4, -0.2) is 33.0 Å². The number of nitrogens with two attached hydrogens (primary N) is 1. The lowest BCUT2D eigenvalue weighted by molar-refractivity contribution is -0.155. The van der Waals surface area contributed by atoms with Crippen molar-refractivity contribution in [1.82, 2.24) is 0 Å². The quantitative estimate of drug-likeness (QED) is 0.690. The van der Waals surface area contributed by atoms with Gasteiger partial charge >= 0.3 is 5.97 Å². The molecule has 0 aliphatic carbocycles. The van der Waals surface area contributed by atoms with Gasteiger partial charge in [-0.3, -0.25) is 4.79 Å². The minimum atomic E-state index is -3.81. The fourth-order valence-electron chi connectivity index (χ4n) is 2.10. The summed E-state index contributed by atoms with van der Waals surface area (Å²) in [7, 11) is -3.81. The van der Waals surface area contributed by atoms with E-state index in [9.17, 15) is 18.0 Å². The van der Waals surface area contributed by atoms with Gasteiger partial charge in [0.05, 0.1) is 4.90 Å². The summed E-state index contributed by atoms with van der Waals surface area (Å²) in [5.41, 5.74) is 1.33. The Morgan fingerprint density at radius 3 is 2.41 bits per heavy atom. The summed E-state index contributed by atoms with van der Waals surface area (Å²) in [5, 5.41) is 7.52. The molecule has 0 unspecified atom stereocenters. The molecule has 1 amide bonds. The standard InChI is InChI=1S/C18H20N2O6S/c1-12-4-3-5-15(10-12)25-11-17(21)26-13(2)18(22)20-14-6-8-16(9-7-14)27(19,23)24/h3-10,13H,11H2,1-2H3,(H,20,22)(H2,19,23,24)/t13-/m0/s1. The number of amides is 1. The average Bonchev–Trinajstić information content (AvgIpc) is 2.59. The predicted molar refractivity (Wildman–Crippen MR) is 98.7 cm³/mol. The molecule has 8 nitrogen and oxygen atoms in total. The molecule has 0 saturated heterocycles. The number of sulfonamides is 1. The Balaban J connectivity index is 1.84. The molecule has 27 heavy (non-hydrogen) atoms. The fourth-order valence-corrected chi connectivity index (χ4v) is 2.62. The minimum absolute atomic E-state index is 0.0757. The fraction of sp³-hybridized carbons (Fsp3) is 0.222. The monoisotopic (exact) mass is 392 g/mol. The molecule has 0 heterocycles. The maximum absolute atomic E-state index is 12.1. The number of benzene rings is 2. The van der Waals surface area contributed by atoms with Gasteiger partial charge in [-0.05, 0) is 55.8 Å². The first-order valence-corrected chi connectivity index (χ1v) is 9.52. The van der Waals surface area contributed by atoms with Crippen molar-refractivity contribution < 1.29 is 27.5 Å². The van der Waals surface area contributed by atoms with E-state index in [1.165, 1.54) is 31.2 Å². The maximum atomic E-state index is 12.1. The van der Waals surface area contributed by atoms with Crippen molar-refractivity contribution in [1.29, 1.82) is 0 Å². The lowest BCUT2D eigenvalue weighted by Crippen LogP contribution is -2.31. The van der Waals surface area contributed by atoms with Crippen LogP contribution >= 0.6 is 0 Å². The van der Waals surface area contributed by atoms with Crippen molar-refractivity contribution in [2.45, 2.75) is 24.8 Å². The van der Waals surface area contributed by atoms with E-state index in [4.69, 9.17) is 14.6 Å². The molecule has 0 aromatic heterocycles. The van der Waals surface area contributed by atoms with Crippen molar-refractivity contribution in [3.05, 3.63) is 54.1 Å². The highest BCUT2D eigenvalue weighted by Gasteiger charge is 2.18. The number of hydrogen-bond donors (Lipinski definition) is 2. The van der Waals surface area contributed by atoms with Crippen molar-refractivity contribution >= 4 is 27.6 Å². The second kappa shape index (κ2) is 8.65. The Bertz CT molecular complexity index is 925. The molecule has 0 saturated carbocycles. The Kier molecular flexibility index (Phi) is 6.54. The minimum Gasteiger partial charge on any atom is -0.482 e. The van der Waals surface area contributed by atoms with Gasteiger partial charge in [-0.2, -0.15) is 0 Å². The second-order valence-electron chi connectivity index (χ2n) is 5.80. The molecule has 9 heteroatoms. The SMILES string of the molecule is Cc1cccc(OCC(=O)O[C@@H](C)C(=O)Nc2ccc(S(N)(=O)=O)cc2)c1. The zero-order valence-corrected chi connectivity index (χ0v) is 15.7. The molecule has 1 atom stereocenters. The molecule has 2 aromatic carbocycles. The van der Waals surface area contributed by atoms with Crippen LogP contribution < -0.4 is 15.2 Å². The first-order valence-electron chi connectivity index (χ1n) is 7.98. The molecule has 0 bridgehead atoms. The highest BCUT2D eigenvalue weighted by atomic mass is 32.2. The zero-order valence-electron chi connectivity index (χ0n) is 14.8. The van der Waals surface area contributed by atoms with E-state index in [2.05, 4.69) is 5.32 Å². The number of nitrogens with one attached hydrogen (secondary N) is 1. The van der Waals surface area contributed by atoms with E-state index in [1.54, 1.807) is 18.2 Å². The number of primary sulfonamides is 1. The van der Waals surface area contributed by atoms with E-state index < -0.39 is 28.0 Å². The third-order valence-electron chi connectivity index (χ3n) is 3.47. The summed E-state index contributed by atoms with van der Waals surface area (Å²) < 4.78 is 32.7. The van der Waals surface area contributed by atoms with Gasteiger partial charge in [-0.25, -0.2) is 18.4 Å². The van der Waals surface area contributed by atoms with Crippen LogP contribution in [0.2, 0.25) is 0 Å². The molecule has 3 N–H and O–H groups in total. The number of rotatable bonds is 7. The van der Waals surface area contributed by atoms with Crippen LogP contribution in [0.15, 0.2) is 53.4 Å². The number of aryl methyl sites for hydroxylation is 1. The summed E-state index contributed by atoms with van der Waals surface area (Å²) in [5.74, 6) is -0.731. The Morgan fingerprint density at radius 2 is 1.81 bits per heavy atom. The largest absolute Gasteiger partial charge is 0.482 e. The third kappa shape index (κ3) is 6.39. The van der Waals surface area contributed by atoms with Crippen LogP contribution in [0.4, 0.5) is 5.69 Å². The van der Waals surface area contributed by atoms with Gasteiger partial charge in [0, 0.05) is 5.69 Å². The molecule has 2 rings (SSSR count). The first kappa shape index (κ1) is 20.4. The molecule has 0 aliphatic rings. The lowest BCUT2D eigenvalue weighted by atomic mass is 10.2. The number of hydrogen-bond acceptors (Lipinski definition) is 6. The zero-order chi connectivity index (χ0) is 20.0. The summed E-state index contributed by atoms with van der Waals surface area (Å²) in [6.07, 6.45) is -1.06. The summed E-state index contributed by atoms with van der Waals surface area (Å²) >= 11 is 0. The predicted octanol–water partition coefficient (Wildman–Crippen LogP) is 1.59. The number of esters is 1. The molecule has 144 valence electrons. The van der Waals surface area contributed by atoms with Crippen LogP contribution in [0.1, 0.15) is 12.5 Å². The molecular weight excluding hydrogens is 372 g/mol. The number of carbonyl (C=O) groups excluding carboxylic acids is 2. The van der Waals surface area contributed by atoms with Crippen LogP contribution in [0, 0.1) is 6.92 Å². The topological polar surface area (TPSA) is 125 Å². The van der Waals surface area contributed by atoms with Crippen LogP contribution in [0.25, 0.3) is 0 Å². The lowest BCUT2D eigenvalue weighted by Gasteiger charge is -2.14. The van der Waals surface area contributed by atoms with Crippen LogP contribution in [-0.2, 0) is 24.3 Å². The second-order valence-corrected chi connectivity index (χ2v) is 7.36. The summed E-state index contributed by atoms with van der Waals surface area (Å²) in [4.78, 5) is 23.8. The van der Waals surface area contributed by atoms with Gasteiger partial charge in [0.25, 0.3) is 5.91 Å². The van der Waals surface area contributed by atoms with Gasteiger partial charge in [-0.1, -0.05) is 12.1 Å². The summed E-state index contributed by atoms with van der Waals surface area (Å²) in [6.45, 7) is 2.98. The highest BCUT2D eigenvalue weighted by molar-refractivity contribution is 7.89. The van der Waals surface area contributed by atoms with Gasteiger partial charge in [0.15, 0.2) is 12.7 Å². The van der Waals surface area contributed by atoms with Crippen molar-refractivity contribution in [3.63, 3.8) is 0 Å². The van der Waals surface area contributed by atoms with Crippen molar-refractivity contribution in [2.24, 2.45) is 5.14 Å². The van der Waals surface area contributed by atoms with Gasteiger partial charge in [0.2, 0.25) is 10.0 Å². The van der Waals surface area contributed by atoms with Crippen LogP contribution in [0.5, 0.6) is 5.75 Å². The maximum Gasteiger partial charge on any atom is 0.344 e. The molecule has 0 radical (unpaired) electrons. The summed E-state index contributed by atoms with van der Waals surface area (Å²) in [6, 6.07) is 12.5. The van der Waals surface area contributed by atoms with E-state index in [0.29, 0.717) is 11.4 Å². The van der Waals surface area contributed by atoms with Gasteiger partial charge < -0.3 is 14.8 Å². The van der Waals surface area contributed by atoms with Gasteiger partial charge in [-0.15, -0.1) is 0 Å². The third-order valence-corrected chi connectivity index (χ3v) is 4.40. The van der Waals surface area contributed by atoms with Crippen LogP contribution in [0.3, 0.4) is 0 Å². The van der Waals surface area contributed by atoms with E-state index in [1.807, 2.05) is 13.0 Å². The Hall–Kier alpha value is -2.91. The van der Waals surface area contributed by atoms with E-state index >= 15 is 0 Å². The van der Waals surface area contributed by atoms with Gasteiger partial charge in [0.1, 0.15) is 5.75 Å². The molecule has 0 aliphatic heterocycles. The average molecular weight is 392 g/mol. The Labute approximate surface area is 157 Å². The van der Waals surface area contributed by atoms with Crippen molar-refractivity contribution in [3.8, 4) is 5.75 Å². The highest BCUT2D eigenvalue weighted by Crippen LogP contribution is 2.14. The first-order chi connectivity index (χ1) is 12.6. The molecular formula is C18H20N2O6S. The Morgan fingerprint density at radius 1 is 1.15 bits per heavy atom. The number of anilines is 1. The molecule has 2 aromatic rings. The molecule has 0 spiro atoms.